The number of halogens is 1. The maximum absolute atomic E-state index is 12.3. The van der Waals surface area contributed by atoms with E-state index in [9.17, 15) is 14.9 Å². The maximum Gasteiger partial charge on any atom is 0.271 e. The van der Waals surface area contributed by atoms with Gasteiger partial charge < -0.3 is 15.0 Å². The van der Waals surface area contributed by atoms with Crippen LogP contribution in [0.15, 0.2) is 42.5 Å². The van der Waals surface area contributed by atoms with E-state index in [-0.39, 0.29) is 18.1 Å². The van der Waals surface area contributed by atoms with Gasteiger partial charge in [0, 0.05) is 49.7 Å². The number of rotatable bonds is 6. The lowest BCUT2D eigenvalue weighted by Gasteiger charge is -2.35. The van der Waals surface area contributed by atoms with Crippen LogP contribution < -0.4 is 15.0 Å². The Hall–Kier alpha value is -2.84. The summed E-state index contributed by atoms with van der Waals surface area (Å²) in [6.07, 6.45) is 0. The minimum absolute atomic E-state index is 0.0810. The summed E-state index contributed by atoms with van der Waals surface area (Å²) in [6, 6.07) is 11.7. The quantitative estimate of drug-likeness (QED) is 0.588. The molecule has 1 aliphatic heterocycles. The third-order valence-corrected chi connectivity index (χ3v) is 4.88. The summed E-state index contributed by atoms with van der Waals surface area (Å²) in [7, 11) is 1.53. The number of hydrogen-bond donors (Lipinski definition) is 1. The number of amides is 1. The summed E-state index contributed by atoms with van der Waals surface area (Å²) < 4.78 is 5.10. The number of carbonyl (C=O) groups is 1. The minimum Gasteiger partial charge on any atom is -0.495 e. The Morgan fingerprint density at radius 3 is 2.61 bits per heavy atom. The minimum atomic E-state index is -0.393. The van der Waals surface area contributed by atoms with E-state index < -0.39 is 4.92 Å². The van der Waals surface area contributed by atoms with Gasteiger partial charge in [-0.15, -0.1) is 0 Å². The highest BCUT2D eigenvalue weighted by Gasteiger charge is 2.20. The number of benzene rings is 2. The van der Waals surface area contributed by atoms with Crippen LogP contribution in [0.25, 0.3) is 0 Å². The van der Waals surface area contributed by atoms with Crippen molar-refractivity contribution in [3.05, 3.63) is 57.6 Å². The zero-order valence-corrected chi connectivity index (χ0v) is 16.2. The molecule has 1 amide bonds. The lowest BCUT2D eigenvalue weighted by molar-refractivity contribution is -0.384. The van der Waals surface area contributed by atoms with Crippen LogP contribution in [0.2, 0.25) is 5.02 Å². The van der Waals surface area contributed by atoms with Crippen LogP contribution in [0.5, 0.6) is 5.75 Å². The molecule has 0 saturated carbocycles. The van der Waals surface area contributed by atoms with Gasteiger partial charge >= 0.3 is 0 Å². The van der Waals surface area contributed by atoms with Crippen LogP contribution in [0, 0.1) is 10.1 Å². The highest BCUT2D eigenvalue weighted by molar-refractivity contribution is 6.32. The van der Waals surface area contributed by atoms with Crippen LogP contribution >= 0.6 is 11.6 Å². The smallest absolute Gasteiger partial charge is 0.271 e. The number of hydrogen-bond acceptors (Lipinski definition) is 6. The molecule has 3 rings (SSSR count). The van der Waals surface area contributed by atoms with Crippen LogP contribution in [-0.2, 0) is 4.79 Å². The number of carbonyl (C=O) groups excluding carboxylic acids is 1. The van der Waals surface area contributed by atoms with Crippen LogP contribution in [-0.4, -0.2) is 55.6 Å². The Morgan fingerprint density at radius 1 is 1.21 bits per heavy atom. The van der Waals surface area contributed by atoms with E-state index in [4.69, 9.17) is 16.3 Å². The molecule has 1 heterocycles. The number of piperazine rings is 1. The van der Waals surface area contributed by atoms with Gasteiger partial charge in [-0.2, -0.15) is 0 Å². The SMILES string of the molecule is COc1ccc(NC(=O)CN2CCN(c3cccc([N+](=O)[O-])c3)CC2)cc1Cl. The van der Waals surface area contributed by atoms with Gasteiger partial charge in [0.15, 0.2) is 0 Å². The fourth-order valence-electron chi connectivity index (χ4n) is 3.12. The first-order valence-electron chi connectivity index (χ1n) is 8.81. The Balaban J connectivity index is 1.51. The van der Waals surface area contributed by atoms with Gasteiger partial charge in [0.2, 0.25) is 5.91 Å². The standard InChI is InChI=1S/C19H21ClN4O4/c1-28-18-6-5-14(11-17(18)20)21-19(25)13-22-7-9-23(10-8-22)15-3-2-4-16(12-15)24(26)27/h2-6,11-12H,7-10,13H2,1H3,(H,21,25). The molecule has 0 spiro atoms. The number of nitro benzene ring substituents is 1. The Labute approximate surface area is 167 Å². The summed E-state index contributed by atoms with van der Waals surface area (Å²) in [6.45, 7) is 3.05. The van der Waals surface area contributed by atoms with Crippen molar-refractivity contribution >= 4 is 34.6 Å². The molecule has 0 radical (unpaired) electrons. The van der Waals surface area contributed by atoms with Gasteiger partial charge in [0.05, 0.1) is 23.6 Å². The van der Waals surface area contributed by atoms with Crippen LogP contribution in [0.1, 0.15) is 0 Å². The monoisotopic (exact) mass is 404 g/mol. The van der Waals surface area contributed by atoms with Crippen molar-refractivity contribution in [1.82, 2.24) is 4.90 Å². The average molecular weight is 405 g/mol. The Kier molecular flexibility index (Phi) is 6.33. The molecule has 1 N–H and O–H groups in total. The molecule has 2 aromatic rings. The molecule has 148 valence electrons. The molecular weight excluding hydrogens is 384 g/mol. The molecule has 1 fully saturated rings. The topological polar surface area (TPSA) is 88.0 Å². The van der Waals surface area contributed by atoms with Crippen molar-refractivity contribution in [2.75, 3.05) is 50.1 Å². The molecule has 0 bridgehead atoms. The molecule has 0 aliphatic carbocycles. The molecule has 28 heavy (non-hydrogen) atoms. The molecule has 1 aliphatic rings. The second-order valence-corrected chi connectivity index (χ2v) is 6.84. The largest absolute Gasteiger partial charge is 0.495 e. The van der Waals surface area contributed by atoms with Gasteiger partial charge in [-0.3, -0.25) is 19.8 Å². The number of non-ortho nitro benzene ring substituents is 1. The fraction of sp³-hybridized carbons (Fsp3) is 0.316. The molecule has 9 heteroatoms. The van der Waals surface area contributed by atoms with E-state index in [1.54, 1.807) is 30.3 Å². The van der Waals surface area contributed by atoms with Gasteiger partial charge in [-0.05, 0) is 24.3 Å². The summed E-state index contributed by atoms with van der Waals surface area (Å²) in [5.74, 6) is 0.432. The van der Waals surface area contributed by atoms with Gasteiger partial charge in [0.25, 0.3) is 5.69 Å². The number of nitrogens with one attached hydrogen (secondary N) is 1. The highest BCUT2D eigenvalue weighted by atomic mass is 35.5. The molecule has 0 atom stereocenters. The first-order valence-corrected chi connectivity index (χ1v) is 9.19. The predicted octanol–water partition coefficient (Wildman–Crippen LogP) is 3.02. The molecule has 2 aromatic carbocycles. The second kappa shape index (κ2) is 8.90. The summed E-state index contributed by atoms with van der Waals surface area (Å²) in [4.78, 5) is 27.0. The summed E-state index contributed by atoms with van der Waals surface area (Å²) >= 11 is 6.08. The van der Waals surface area contributed by atoms with E-state index in [2.05, 4.69) is 10.2 Å². The van der Waals surface area contributed by atoms with Crippen molar-refractivity contribution in [1.29, 1.82) is 0 Å². The third kappa shape index (κ3) is 4.90. The maximum atomic E-state index is 12.3. The lowest BCUT2D eigenvalue weighted by Crippen LogP contribution is -2.48. The lowest BCUT2D eigenvalue weighted by atomic mass is 10.2. The fourth-order valence-corrected chi connectivity index (χ4v) is 3.37. The first-order chi connectivity index (χ1) is 13.5. The van der Waals surface area contributed by atoms with Crippen molar-refractivity contribution in [2.45, 2.75) is 0 Å². The number of methoxy groups -OCH3 is 1. The number of nitrogens with zero attached hydrogens (tertiary/aromatic N) is 3. The zero-order valence-electron chi connectivity index (χ0n) is 15.4. The average Bonchev–Trinajstić information content (AvgIpc) is 2.69. The van der Waals surface area contributed by atoms with E-state index in [1.807, 2.05) is 11.0 Å². The Bertz CT molecular complexity index is 869. The van der Waals surface area contributed by atoms with Crippen molar-refractivity contribution in [3.8, 4) is 5.75 Å². The van der Waals surface area contributed by atoms with Gasteiger partial charge in [-0.25, -0.2) is 0 Å². The molecule has 8 nitrogen and oxygen atoms in total. The number of ether oxygens (including phenoxy) is 1. The van der Waals surface area contributed by atoms with E-state index in [1.165, 1.54) is 13.2 Å². The predicted molar refractivity (Wildman–Crippen MR) is 108 cm³/mol. The van der Waals surface area contributed by atoms with E-state index >= 15 is 0 Å². The number of nitro groups is 1. The van der Waals surface area contributed by atoms with Gasteiger partial charge in [0.1, 0.15) is 5.75 Å². The molecule has 1 saturated heterocycles. The first kappa shape index (κ1) is 19.9. The van der Waals surface area contributed by atoms with Crippen molar-refractivity contribution in [2.24, 2.45) is 0 Å². The zero-order chi connectivity index (χ0) is 20.1. The molecule has 0 unspecified atom stereocenters. The van der Waals surface area contributed by atoms with E-state index in [0.717, 1.165) is 5.69 Å². The normalized spacial score (nSPS) is 14.6. The van der Waals surface area contributed by atoms with E-state index in [0.29, 0.717) is 42.6 Å². The second-order valence-electron chi connectivity index (χ2n) is 6.44. The molecule has 0 aromatic heterocycles. The van der Waals surface area contributed by atoms with Crippen molar-refractivity contribution in [3.63, 3.8) is 0 Å². The van der Waals surface area contributed by atoms with Gasteiger partial charge in [-0.1, -0.05) is 17.7 Å². The summed E-state index contributed by atoms with van der Waals surface area (Å²) in [5, 5.41) is 14.2. The van der Waals surface area contributed by atoms with Crippen LogP contribution in [0.4, 0.5) is 17.1 Å². The Morgan fingerprint density at radius 2 is 1.96 bits per heavy atom. The van der Waals surface area contributed by atoms with Crippen molar-refractivity contribution < 1.29 is 14.5 Å². The molecular formula is C19H21ClN4O4. The number of anilines is 2. The third-order valence-electron chi connectivity index (χ3n) is 4.58. The highest BCUT2D eigenvalue weighted by Crippen LogP contribution is 2.27. The summed E-state index contributed by atoms with van der Waals surface area (Å²) in [5.41, 5.74) is 1.52. The van der Waals surface area contributed by atoms with Crippen LogP contribution in [0.3, 0.4) is 0 Å².